The smallest absolute Gasteiger partial charge is 0.292 e. The Morgan fingerprint density at radius 2 is 2.28 bits per heavy atom. The molecule has 0 heterocycles. The van der Waals surface area contributed by atoms with Crippen molar-refractivity contribution in [2.24, 2.45) is 0 Å². The number of nitro benzene ring substituents is 1. The van der Waals surface area contributed by atoms with E-state index in [9.17, 15) is 15.2 Å². The molecule has 0 fully saturated rings. The van der Waals surface area contributed by atoms with E-state index in [4.69, 9.17) is 10.4 Å². The third kappa shape index (κ3) is 3.41. The summed E-state index contributed by atoms with van der Waals surface area (Å²) in [4.78, 5) is 10.2. The predicted octanol–water partition coefficient (Wildman–Crippen LogP) is 0.622. The average Bonchev–Trinajstić information content (AvgIpc) is 2.36. The second-order valence-electron chi connectivity index (χ2n) is 4.11. The minimum Gasteiger partial charge on any atom is -0.393 e. The van der Waals surface area contributed by atoms with Crippen LogP contribution >= 0.6 is 0 Å². The Morgan fingerprint density at radius 3 is 2.78 bits per heavy atom. The Morgan fingerprint density at radius 1 is 1.61 bits per heavy atom. The van der Waals surface area contributed by atoms with Crippen LogP contribution in [0, 0.1) is 21.4 Å². The van der Waals surface area contributed by atoms with Crippen LogP contribution < -0.4 is 5.32 Å². The molecule has 0 aliphatic rings. The van der Waals surface area contributed by atoms with Gasteiger partial charge in [0.1, 0.15) is 11.3 Å². The lowest BCUT2D eigenvalue weighted by atomic mass is 10.1. The second kappa shape index (κ2) is 5.44. The van der Waals surface area contributed by atoms with Gasteiger partial charge >= 0.3 is 0 Å². The molecule has 1 atom stereocenters. The highest BCUT2D eigenvalue weighted by molar-refractivity contribution is 5.64. The highest BCUT2D eigenvalue weighted by Gasteiger charge is 2.21. The molecule has 1 rings (SSSR count). The summed E-state index contributed by atoms with van der Waals surface area (Å²) >= 11 is 0. The lowest BCUT2D eigenvalue weighted by Crippen LogP contribution is -2.37. The van der Waals surface area contributed by atoms with E-state index >= 15 is 0 Å². The molecule has 0 radical (unpaired) electrons. The number of nitro groups is 1. The third-order valence-electron chi connectivity index (χ3n) is 2.32. The Hall–Kier alpha value is -2.17. The zero-order valence-corrected chi connectivity index (χ0v) is 9.75. The fraction of sp³-hybridized carbons (Fsp3) is 0.364. The summed E-state index contributed by atoms with van der Waals surface area (Å²) in [5.41, 5.74) is -1.18. The molecule has 1 aromatic rings. The van der Waals surface area contributed by atoms with Gasteiger partial charge in [-0.05, 0) is 19.1 Å². The number of nitrogens with zero attached hydrogens (tertiary/aromatic N) is 2. The topological polar surface area (TPSA) is 119 Å². The van der Waals surface area contributed by atoms with Crippen molar-refractivity contribution in [1.29, 1.82) is 5.26 Å². The fourth-order valence-corrected chi connectivity index (χ4v) is 1.25. The molecule has 1 unspecified atom stereocenters. The monoisotopic (exact) mass is 251 g/mol. The maximum atomic E-state index is 10.8. The summed E-state index contributed by atoms with van der Waals surface area (Å²) in [6.07, 6.45) is 0. The van der Waals surface area contributed by atoms with Gasteiger partial charge in [0.15, 0.2) is 0 Å². The molecule has 7 nitrogen and oxygen atoms in total. The number of nitriles is 1. The van der Waals surface area contributed by atoms with Gasteiger partial charge in [-0.15, -0.1) is 0 Å². The number of aliphatic hydroxyl groups is 2. The average molecular weight is 251 g/mol. The van der Waals surface area contributed by atoms with Crippen molar-refractivity contribution in [3.63, 3.8) is 0 Å². The van der Waals surface area contributed by atoms with Crippen molar-refractivity contribution in [3.05, 3.63) is 33.9 Å². The first kappa shape index (κ1) is 13.9. The van der Waals surface area contributed by atoms with Gasteiger partial charge in [-0.2, -0.15) is 5.26 Å². The van der Waals surface area contributed by atoms with Gasteiger partial charge in [0.25, 0.3) is 5.69 Å². The van der Waals surface area contributed by atoms with Crippen molar-refractivity contribution in [2.75, 3.05) is 18.5 Å². The molecule has 1 aromatic carbocycles. The van der Waals surface area contributed by atoms with E-state index in [0.717, 1.165) is 0 Å². The number of rotatable bonds is 5. The van der Waals surface area contributed by atoms with E-state index in [1.54, 1.807) is 0 Å². The van der Waals surface area contributed by atoms with E-state index in [2.05, 4.69) is 5.32 Å². The molecule has 0 aromatic heterocycles. The molecular formula is C11H13N3O4. The number of aliphatic hydroxyl groups excluding tert-OH is 1. The number of anilines is 1. The number of hydrogen-bond donors (Lipinski definition) is 3. The van der Waals surface area contributed by atoms with Gasteiger partial charge in [0.2, 0.25) is 0 Å². The van der Waals surface area contributed by atoms with Crippen LogP contribution in [0.2, 0.25) is 0 Å². The maximum absolute atomic E-state index is 10.8. The maximum Gasteiger partial charge on any atom is 0.292 e. The molecule has 0 aliphatic carbocycles. The van der Waals surface area contributed by atoms with Gasteiger partial charge in [0, 0.05) is 12.6 Å². The van der Waals surface area contributed by atoms with Crippen LogP contribution in [-0.2, 0) is 0 Å². The summed E-state index contributed by atoms with van der Waals surface area (Å²) < 4.78 is 0. The van der Waals surface area contributed by atoms with E-state index in [-0.39, 0.29) is 23.5 Å². The van der Waals surface area contributed by atoms with Gasteiger partial charge in [0.05, 0.1) is 23.2 Å². The summed E-state index contributed by atoms with van der Waals surface area (Å²) in [6, 6.07) is 5.75. The highest BCUT2D eigenvalue weighted by Crippen LogP contribution is 2.25. The quantitative estimate of drug-likeness (QED) is 0.521. The number of nitrogens with one attached hydrogen (secondary N) is 1. The number of benzene rings is 1. The zero-order chi connectivity index (χ0) is 13.8. The Labute approximate surface area is 103 Å². The molecule has 96 valence electrons. The van der Waals surface area contributed by atoms with Gasteiger partial charge in [-0.25, -0.2) is 0 Å². The van der Waals surface area contributed by atoms with Crippen LogP contribution in [0.1, 0.15) is 12.5 Å². The van der Waals surface area contributed by atoms with Crippen LogP contribution in [0.5, 0.6) is 0 Å². The molecule has 0 saturated heterocycles. The van der Waals surface area contributed by atoms with Gasteiger partial charge in [-0.3, -0.25) is 10.1 Å². The molecule has 7 heteroatoms. The summed E-state index contributed by atoms with van der Waals surface area (Å²) in [5.74, 6) is 0. The van der Waals surface area contributed by atoms with Crippen LogP contribution in [0.15, 0.2) is 18.2 Å². The third-order valence-corrected chi connectivity index (χ3v) is 2.32. The molecular weight excluding hydrogens is 238 g/mol. The van der Waals surface area contributed by atoms with E-state index < -0.39 is 17.1 Å². The summed E-state index contributed by atoms with van der Waals surface area (Å²) in [5, 5.41) is 40.6. The van der Waals surface area contributed by atoms with E-state index in [1.165, 1.54) is 25.1 Å². The molecule has 0 aliphatic heterocycles. The molecule has 3 N–H and O–H groups in total. The predicted molar refractivity (Wildman–Crippen MR) is 64.0 cm³/mol. The first-order valence-electron chi connectivity index (χ1n) is 5.15. The molecule has 18 heavy (non-hydrogen) atoms. The normalized spacial score (nSPS) is 13.4. The van der Waals surface area contributed by atoms with E-state index in [1.807, 2.05) is 6.07 Å². The standard InChI is InChI=1S/C11H13N3O4/c1-11(16,7-15)6-13-9-4-8(5-12)2-3-10(9)14(17)18/h2-4,13,15-16H,6-7H2,1H3. The molecule has 0 saturated carbocycles. The minimum absolute atomic E-state index is 0.0702. The summed E-state index contributed by atoms with van der Waals surface area (Å²) in [6.45, 7) is 0.838. The Balaban J connectivity index is 2.99. The lowest BCUT2D eigenvalue weighted by Gasteiger charge is -2.21. The van der Waals surface area contributed by atoms with Crippen LogP contribution in [0.25, 0.3) is 0 Å². The zero-order valence-electron chi connectivity index (χ0n) is 9.75. The van der Waals surface area contributed by atoms with Crippen LogP contribution in [-0.4, -0.2) is 33.9 Å². The largest absolute Gasteiger partial charge is 0.393 e. The Bertz CT molecular complexity index is 494. The second-order valence-corrected chi connectivity index (χ2v) is 4.11. The van der Waals surface area contributed by atoms with Crippen molar-refractivity contribution in [2.45, 2.75) is 12.5 Å². The first-order chi connectivity index (χ1) is 8.39. The van der Waals surface area contributed by atoms with Crippen molar-refractivity contribution >= 4 is 11.4 Å². The van der Waals surface area contributed by atoms with Crippen molar-refractivity contribution in [1.82, 2.24) is 0 Å². The van der Waals surface area contributed by atoms with Gasteiger partial charge in [-0.1, -0.05) is 0 Å². The SMILES string of the molecule is CC(O)(CO)CNc1cc(C#N)ccc1[N+](=O)[O-]. The van der Waals surface area contributed by atoms with Crippen molar-refractivity contribution in [3.8, 4) is 6.07 Å². The van der Waals surface area contributed by atoms with Crippen LogP contribution in [0.4, 0.5) is 11.4 Å². The first-order valence-corrected chi connectivity index (χ1v) is 5.15. The van der Waals surface area contributed by atoms with Crippen LogP contribution in [0.3, 0.4) is 0 Å². The van der Waals surface area contributed by atoms with Gasteiger partial charge < -0.3 is 15.5 Å². The molecule has 0 spiro atoms. The lowest BCUT2D eigenvalue weighted by molar-refractivity contribution is -0.384. The molecule has 0 bridgehead atoms. The van der Waals surface area contributed by atoms with E-state index in [0.29, 0.717) is 0 Å². The fourth-order valence-electron chi connectivity index (χ4n) is 1.25. The number of hydrogen-bond acceptors (Lipinski definition) is 6. The Kier molecular flexibility index (Phi) is 4.20. The highest BCUT2D eigenvalue weighted by atomic mass is 16.6. The van der Waals surface area contributed by atoms with Crippen molar-refractivity contribution < 1.29 is 15.1 Å². The molecule has 0 amide bonds. The minimum atomic E-state index is -1.39. The summed E-state index contributed by atoms with van der Waals surface area (Å²) in [7, 11) is 0.